The first-order valence-electron chi connectivity index (χ1n) is 13.5. The van der Waals surface area contributed by atoms with Crippen LogP contribution in [0, 0.1) is 11.8 Å². The second kappa shape index (κ2) is 11.8. The van der Waals surface area contributed by atoms with Crippen molar-refractivity contribution in [1.82, 2.24) is 10.5 Å². The number of halogens is 1. The van der Waals surface area contributed by atoms with Crippen molar-refractivity contribution < 1.29 is 19.2 Å². The van der Waals surface area contributed by atoms with Gasteiger partial charge in [0, 0.05) is 23.8 Å². The molecule has 2 fully saturated rings. The Bertz CT molecular complexity index is 1060. The summed E-state index contributed by atoms with van der Waals surface area (Å²) in [4.78, 5) is 24.8. The summed E-state index contributed by atoms with van der Waals surface area (Å²) in [5.41, 5.74) is 3.43. The number of amides is 1. The number of rotatable bonds is 12. The number of hydrogen-bond donors (Lipinski definition) is 2. The number of carbonyl (C=O) groups is 2. The number of carboxylic acids is 1. The van der Waals surface area contributed by atoms with Gasteiger partial charge in [-0.2, -0.15) is 0 Å². The standard InChI is InChI=1S/C29H39ClN2O4/c1-4-18(5-2)12-19-13-22(14-19)29-27(20-8-9-20)28(32-36-29)21(16-26(34)35)15-25(33)31-24-11-7-17(3)6-10-23(24)30/h7,10-11,18-22H,4-6,8-9,12-16H2,1-3H3,(H,31,33)(H,34,35). The number of aromatic nitrogens is 1. The summed E-state index contributed by atoms with van der Waals surface area (Å²) in [6, 6.07) is 0. The lowest BCUT2D eigenvalue weighted by Gasteiger charge is -2.36. The monoisotopic (exact) mass is 514 g/mol. The van der Waals surface area contributed by atoms with Gasteiger partial charge in [-0.25, -0.2) is 0 Å². The van der Waals surface area contributed by atoms with Crippen LogP contribution in [0.3, 0.4) is 0 Å². The first-order chi connectivity index (χ1) is 17.3. The molecule has 0 spiro atoms. The van der Waals surface area contributed by atoms with Crippen molar-refractivity contribution in [3.8, 4) is 0 Å². The van der Waals surface area contributed by atoms with Gasteiger partial charge < -0.3 is 14.9 Å². The van der Waals surface area contributed by atoms with E-state index in [9.17, 15) is 14.7 Å². The van der Waals surface area contributed by atoms with Crippen LogP contribution in [0.25, 0.3) is 0 Å². The van der Waals surface area contributed by atoms with E-state index >= 15 is 0 Å². The first-order valence-corrected chi connectivity index (χ1v) is 13.9. The maximum Gasteiger partial charge on any atom is 0.304 e. The van der Waals surface area contributed by atoms with E-state index in [2.05, 4.69) is 24.3 Å². The first kappa shape index (κ1) is 26.7. The fourth-order valence-electron chi connectivity index (χ4n) is 5.67. The van der Waals surface area contributed by atoms with Crippen LogP contribution < -0.4 is 5.32 Å². The Balaban J connectivity index is 1.49. The fraction of sp³-hybridized carbons (Fsp3) is 0.621. The minimum Gasteiger partial charge on any atom is -0.481 e. The zero-order chi connectivity index (χ0) is 25.8. The Hall–Kier alpha value is -2.34. The molecule has 1 aromatic rings. The summed E-state index contributed by atoms with van der Waals surface area (Å²) >= 11 is 6.35. The number of carboxylic acid groups (broad SMARTS) is 1. The molecule has 0 aromatic carbocycles. The summed E-state index contributed by atoms with van der Waals surface area (Å²) in [6.45, 7) is 6.54. The SMILES string of the molecule is CCC(CC)CC1CC(c2onc(C(CC(=O)O)CC(=O)NC3=CC=C(C)CC=C3Cl)c2C2CC2)C1. The lowest BCUT2D eigenvalue weighted by atomic mass is 9.68. The molecular formula is C29H39ClN2O4. The topological polar surface area (TPSA) is 92.4 Å². The highest BCUT2D eigenvalue weighted by Gasteiger charge is 2.42. The molecule has 0 radical (unpaired) electrons. The van der Waals surface area contributed by atoms with E-state index in [-0.39, 0.29) is 18.7 Å². The molecule has 6 nitrogen and oxygen atoms in total. The number of allylic oxidation sites excluding steroid dienone is 5. The highest BCUT2D eigenvalue weighted by Crippen LogP contribution is 2.53. The van der Waals surface area contributed by atoms with Gasteiger partial charge in [0.2, 0.25) is 5.91 Å². The van der Waals surface area contributed by atoms with Crippen molar-refractivity contribution in [1.29, 1.82) is 0 Å². The Morgan fingerprint density at radius 2 is 1.89 bits per heavy atom. The maximum absolute atomic E-state index is 13.0. The van der Waals surface area contributed by atoms with Crippen molar-refractivity contribution in [2.75, 3.05) is 0 Å². The highest BCUT2D eigenvalue weighted by molar-refractivity contribution is 6.32. The van der Waals surface area contributed by atoms with E-state index in [1.165, 1.54) is 19.3 Å². The Morgan fingerprint density at radius 3 is 2.53 bits per heavy atom. The Morgan fingerprint density at radius 1 is 1.17 bits per heavy atom. The molecule has 3 aliphatic rings. The highest BCUT2D eigenvalue weighted by atomic mass is 35.5. The second-order valence-electron chi connectivity index (χ2n) is 11.0. The molecule has 7 heteroatoms. The summed E-state index contributed by atoms with van der Waals surface area (Å²) < 4.78 is 5.92. The summed E-state index contributed by atoms with van der Waals surface area (Å²) in [6.07, 6.45) is 14.2. The summed E-state index contributed by atoms with van der Waals surface area (Å²) in [5, 5.41) is 17.4. The zero-order valence-electron chi connectivity index (χ0n) is 21.7. The van der Waals surface area contributed by atoms with E-state index in [1.54, 1.807) is 6.08 Å². The van der Waals surface area contributed by atoms with Crippen LogP contribution in [0.15, 0.2) is 39.1 Å². The fourth-order valence-corrected chi connectivity index (χ4v) is 5.85. The van der Waals surface area contributed by atoms with Crippen LogP contribution in [-0.2, 0) is 9.59 Å². The number of nitrogens with zero attached hydrogens (tertiary/aromatic N) is 1. The zero-order valence-corrected chi connectivity index (χ0v) is 22.4. The molecule has 1 amide bonds. The lowest BCUT2D eigenvalue weighted by molar-refractivity contribution is -0.137. The molecule has 0 bridgehead atoms. The lowest BCUT2D eigenvalue weighted by Crippen LogP contribution is -2.26. The van der Waals surface area contributed by atoms with Gasteiger partial charge in [-0.05, 0) is 69.3 Å². The van der Waals surface area contributed by atoms with E-state index in [1.807, 2.05) is 19.1 Å². The van der Waals surface area contributed by atoms with Gasteiger partial charge in [-0.1, -0.05) is 61.2 Å². The molecule has 1 aromatic heterocycles. The molecule has 2 saturated carbocycles. The van der Waals surface area contributed by atoms with E-state index in [0.717, 1.165) is 60.8 Å². The van der Waals surface area contributed by atoms with Crippen molar-refractivity contribution in [3.05, 3.63) is 51.5 Å². The summed E-state index contributed by atoms with van der Waals surface area (Å²) in [5.74, 6) is 1.43. The van der Waals surface area contributed by atoms with Gasteiger partial charge in [0.25, 0.3) is 0 Å². The Labute approximate surface area is 219 Å². The van der Waals surface area contributed by atoms with Crippen LogP contribution in [-0.4, -0.2) is 22.1 Å². The van der Waals surface area contributed by atoms with E-state index in [0.29, 0.717) is 28.3 Å². The van der Waals surface area contributed by atoms with Gasteiger partial charge in [0.15, 0.2) is 0 Å². The predicted octanol–water partition coefficient (Wildman–Crippen LogP) is 7.29. The quantitative estimate of drug-likeness (QED) is 0.305. The van der Waals surface area contributed by atoms with Gasteiger partial charge in [-0.3, -0.25) is 9.59 Å². The van der Waals surface area contributed by atoms with Crippen LogP contribution >= 0.6 is 11.6 Å². The molecule has 0 aliphatic heterocycles. The average Bonchev–Trinajstić information content (AvgIpc) is 3.59. The molecule has 36 heavy (non-hydrogen) atoms. The smallest absolute Gasteiger partial charge is 0.304 e. The number of carbonyl (C=O) groups excluding carboxylic acids is 1. The second-order valence-corrected chi connectivity index (χ2v) is 11.4. The van der Waals surface area contributed by atoms with E-state index in [4.69, 9.17) is 16.1 Å². The van der Waals surface area contributed by atoms with Gasteiger partial charge >= 0.3 is 5.97 Å². The normalized spacial score (nSPS) is 22.8. The number of nitrogens with one attached hydrogen (secondary N) is 1. The molecule has 3 aliphatic carbocycles. The van der Waals surface area contributed by atoms with E-state index < -0.39 is 11.9 Å². The third-order valence-corrected chi connectivity index (χ3v) is 8.46. The molecule has 4 rings (SSSR count). The van der Waals surface area contributed by atoms with Crippen molar-refractivity contribution in [3.63, 3.8) is 0 Å². The summed E-state index contributed by atoms with van der Waals surface area (Å²) in [7, 11) is 0. The van der Waals surface area contributed by atoms with Crippen molar-refractivity contribution in [2.24, 2.45) is 11.8 Å². The minimum absolute atomic E-state index is 0.0180. The Kier molecular flexibility index (Phi) is 8.76. The van der Waals surface area contributed by atoms with Crippen LogP contribution in [0.5, 0.6) is 0 Å². The molecule has 196 valence electrons. The molecule has 1 unspecified atom stereocenters. The minimum atomic E-state index is -0.946. The largest absolute Gasteiger partial charge is 0.481 e. The van der Waals surface area contributed by atoms with Gasteiger partial charge in [-0.15, -0.1) is 0 Å². The van der Waals surface area contributed by atoms with Crippen LogP contribution in [0.4, 0.5) is 0 Å². The third-order valence-electron chi connectivity index (χ3n) is 8.11. The maximum atomic E-state index is 13.0. The number of aliphatic carboxylic acids is 1. The van der Waals surface area contributed by atoms with Crippen molar-refractivity contribution in [2.45, 2.75) is 103 Å². The molecule has 1 atom stereocenters. The van der Waals surface area contributed by atoms with Gasteiger partial charge in [0.05, 0.1) is 22.8 Å². The number of hydrogen-bond acceptors (Lipinski definition) is 4. The molecule has 0 saturated heterocycles. The van der Waals surface area contributed by atoms with Crippen LogP contribution in [0.1, 0.15) is 120 Å². The molecule has 1 heterocycles. The molecule has 2 N–H and O–H groups in total. The molecular weight excluding hydrogens is 476 g/mol. The van der Waals surface area contributed by atoms with Crippen LogP contribution in [0.2, 0.25) is 0 Å². The third kappa shape index (κ3) is 6.50. The predicted molar refractivity (Wildman–Crippen MR) is 141 cm³/mol. The average molecular weight is 515 g/mol. The van der Waals surface area contributed by atoms with Gasteiger partial charge in [0.1, 0.15) is 5.76 Å². The van der Waals surface area contributed by atoms with Crippen molar-refractivity contribution >= 4 is 23.5 Å².